The van der Waals surface area contributed by atoms with E-state index in [1.54, 1.807) is 35.5 Å². The molecule has 4 amide bonds. The van der Waals surface area contributed by atoms with Crippen LogP contribution in [0.15, 0.2) is 36.7 Å². The first-order valence-corrected chi connectivity index (χ1v) is 14.5. The lowest BCUT2D eigenvalue weighted by atomic mass is 9.72. The molecule has 3 aromatic rings. The Morgan fingerprint density at radius 1 is 1.08 bits per heavy atom. The van der Waals surface area contributed by atoms with Gasteiger partial charge in [-0.1, -0.05) is 39.0 Å². The molecule has 0 unspecified atom stereocenters. The van der Waals surface area contributed by atoms with Gasteiger partial charge in [0.05, 0.1) is 17.5 Å². The zero-order chi connectivity index (χ0) is 27.3. The van der Waals surface area contributed by atoms with Gasteiger partial charge in [-0.15, -0.1) is 11.3 Å². The Bertz CT molecular complexity index is 1420. The van der Waals surface area contributed by atoms with Gasteiger partial charge in [-0.05, 0) is 48.3 Å². The Kier molecular flexibility index (Phi) is 6.53. The number of aromatic nitrogens is 2. The van der Waals surface area contributed by atoms with Gasteiger partial charge in [0.25, 0.3) is 5.91 Å². The highest BCUT2D eigenvalue weighted by molar-refractivity contribution is 7.19. The maximum atomic E-state index is 13.1. The fourth-order valence-electron chi connectivity index (χ4n) is 6.04. The summed E-state index contributed by atoms with van der Waals surface area (Å²) in [7, 11) is 0. The van der Waals surface area contributed by atoms with E-state index in [1.807, 2.05) is 17.4 Å². The van der Waals surface area contributed by atoms with Gasteiger partial charge in [-0.2, -0.15) is 0 Å². The van der Waals surface area contributed by atoms with Crippen molar-refractivity contribution in [3.8, 4) is 0 Å². The number of anilines is 2. The number of urea groups is 1. The molecule has 2 aromatic heterocycles. The third-order valence-corrected chi connectivity index (χ3v) is 9.56. The van der Waals surface area contributed by atoms with Gasteiger partial charge in [-0.3, -0.25) is 9.59 Å². The molecule has 204 valence electrons. The maximum Gasteiger partial charge on any atom is 0.329 e. The van der Waals surface area contributed by atoms with Crippen LogP contribution < -0.4 is 15.1 Å². The molecule has 0 saturated carbocycles. The number of hydrogen-bond donors (Lipinski definition) is 1. The first kappa shape index (κ1) is 25.7. The van der Waals surface area contributed by atoms with Crippen LogP contribution in [0.1, 0.15) is 44.1 Å². The molecule has 1 aromatic carbocycles. The number of nitrogens with one attached hydrogen (secondary N) is 1. The predicted molar refractivity (Wildman–Crippen MR) is 152 cm³/mol. The van der Waals surface area contributed by atoms with Crippen LogP contribution in [0.25, 0.3) is 10.2 Å². The van der Waals surface area contributed by atoms with E-state index in [4.69, 9.17) is 4.98 Å². The standard InChI is InChI=1S/C29H34N6O3S/c1-29(2,3)18-9-10-20-22(15-18)39-26-24(20)25(30-17-31-26)34-13-11-33(12-14-34)23(36)16-21-27(37)35(28(38)32-21)19-7-5-4-6-8-19/h4-8,17-18,21H,9-16H2,1-3H3,(H,32,38)/t18-,21+/m0/s1. The highest BCUT2D eigenvalue weighted by Crippen LogP contribution is 2.44. The molecule has 2 saturated heterocycles. The minimum Gasteiger partial charge on any atom is -0.352 e. The van der Waals surface area contributed by atoms with Gasteiger partial charge < -0.3 is 15.1 Å². The smallest absolute Gasteiger partial charge is 0.329 e. The van der Waals surface area contributed by atoms with Crippen molar-refractivity contribution >= 4 is 50.9 Å². The van der Waals surface area contributed by atoms with Crippen molar-refractivity contribution in [3.05, 3.63) is 47.1 Å². The average molecular weight is 547 g/mol. The molecule has 2 fully saturated rings. The predicted octanol–water partition coefficient (Wildman–Crippen LogP) is 4.01. The van der Waals surface area contributed by atoms with E-state index in [0.717, 1.165) is 28.4 Å². The van der Waals surface area contributed by atoms with Crippen molar-refractivity contribution in [2.75, 3.05) is 36.0 Å². The van der Waals surface area contributed by atoms with Crippen LogP contribution >= 0.6 is 11.3 Å². The number of rotatable bonds is 4. The first-order valence-electron chi connectivity index (χ1n) is 13.7. The summed E-state index contributed by atoms with van der Waals surface area (Å²) in [5.41, 5.74) is 2.20. The summed E-state index contributed by atoms with van der Waals surface area (Å²) in [5, 5.41) is 3.86. The molecule has 0 bridgehead atoms. The van der Waals surface area contributed by atoms with Gasteiger partial charge in [0, 0.05) is 31.1 Å². The second-order valence-corrected chi connectivity index (χ2v) is 12.9. The molecule has 4 heterocycles. The maximum absolute atomic E-state index is 13.1. The Balaban J connectivity index is 1.12. The van der Waals surface area contributed by atoms with E-state index in [1.165, 1.54) is 22.2 Å². The number of piperazine rings is 1. The highest BCUT2D eigenvalue weighted by Gasteiger charge is 2.41. The van der Waals surface area contributed by atoms with Crippen molar-refractivity contribution < 1.29 is 14.4 Å². The lowest BCUT2D eigenvalue weighted by molar-refractivity contribution is -0.133. The van der Waals surface area contributed by atoms with E-state index in [-0.39, 0.29) is 17.7 Å². The lowest BCUT2D eigenvalue weighted by Gasteiger charge is -2.36. The SMILES string of the molecule is CC(C)(C)[C@H]1CCc2c(sc3ncnc(N4CCN(C(=O)C[C@H]5NC(=O)N(c6ccccc6)C5=O)CC4)c23)C1. The minimum absolute atomic E-state index is 0.0430. The monoisotopic (exact) mass is 546 g/mol. The topological polar surface area (TPSA) is 98.7 Å². The third-order valence-electron chi connectivity index (χ3n) is 8.39. The van der Waals surface area contributed by atoms with Crippen LogP contribution in [0, 0.1) is 11.3 Å². The Hall–Kier alpha value is -3.53. The van der Waals surface area contributed by atoms with Crippen molar-refractivity contribution in [3.63, 3.8) is 0 Å². The van der Waals surface area contributed by atoms with E-state index >= 15 is 0 Å². The van der Waals surface area contributed by atoms with Gasteiger partial charge in [-0.25, -0.2) is 19.7 Å². The number of hydrogen-bond acceptors (Lipinski definition) is 7. The number of fused-ring (bicyclic) bond motifs is 3. The molecular weight excluding hydrogens is 512 g/mol. The molecule has 10 heteroatoms. The van der Waals surface area contributed by atoms with E-state index in [0.29, 0.717) is 37.8 Å². The molecule has 2 atom stereocenters. The quantitative estimate of drug-likeness (QED) is 0.497. The number of thiophene rings is 1. The number of carbonyl (C=O) groups excluding carboxylic acids is 3. The molecule has 0 radical (unpaired) electrons. The molecular formula is C29H34N6O3S. The van der Waals surface area contributed by atoms with Crippen LogP contribution in [0.3, 0.4) is 0 Å². The summed E-state index contributed by atoms with van der Waals surface area (Å²) >= 11 is 1.81. The Morgan fingerprint density at radius 3 is 2.54 bits per heavy atom. The number of imide groups is 1. The summed E-state index contributed by atoms with van der Waals surface area (Å²) in [6, 6.07) is 7.44. The zero-order valence-electron chi connectivity index (χ0n) is 22.6. The van der Waals surface area contributed by atoms with Crippen LogP contribution in [-0.2, 0) is 22.4 Å². The summed E-state index contributed by atoms with van der Waals surface area (Å²) in [6.45, 7) is 9.40. The van der Waals surface area contributed by atoms with Crippen molar-refractivity contribution in [2.24, 2.45) is 11.3 Å². The van der Waals surface area contributed by atoms with E-state index in [9.17, 15) is 14.4 Å². The van der Waals surface area contributed by atoms with Crippen LogP contribution in [0.2, 0.25) is 0 Å². The molecule has 39 heavy (non-hydrogen) atoms. The largest absolute Gasteiger partial charge is 0.352 e. The number of benzene rings is 1. The van der Waals surface area contributed by atoms with Crippen LogP contribution in [-0.4, -0.2) is 64.9 Å². The second kappa shape index (κ2) is 9.89. The second-order valence-electron chi connectivity index (χ2n) is 11.8. The number of nitrogens with zero attached hydrogens (tertiary/aromatic N) is 5. The van der Waals surface area contributed by atoms with Gasteiger partial charge >= 0.3 is 6.03 Å². The minimum atomic E-state index is -0.848. The molecule has 1 N–H and O–H groups in total. The lowest BCUT2D eigenvalue weighted by Crippen LogP contribution is -2.50. The molecule has 6 rings (SSSR count). The summed E-state index contributed by atoms with van der Waals surface area (Å²) < 4.78 is 0. The van der Waals surface area contributed by atoms with Crippen molar-refractivity contribution in [1.29, 1.82) is 0 Å². The van der Waals surface area contributed by atoms with Gasteiger partial charge in [0.15, 0.2) is 0 Å². The van der Waals surface area contributed by atoms with E-state index in [2.05, 4.69) is 36.0 Å². The number of amides is 4. The summed E-state index contributed by atoms with van der Waals surface area (Å²) in [6.07, 6.45) is 4.94. The summed E-state index contributed by atoms with van der Waals surface area (Å²) in [5.74, 6) is 1.12. The van der Waals surface area contributed by atoms with E-state index < -0.39 is 18.0 Å². The Morgan fingerprint density at radius 2 is 1.82 bits per heavy atom. The normalized spacial score (nSPS) is 21.9. The first-order chi connectivity index (χ1) is 18.7. The van der Waals surface area contributed by atoms with Crippen molar-refractivity contribution in [2.45, 2.75) is 52.5 Å². The fourth-order valence-corrected chi connectivity index (χ4v) is 7.30. The summed E-state index contributed by atoms with van der Waals surface area (Å²) in [4.78, 5) is 55.5. The fraction of sp³-hybridized carbons (Fsp3) is 0.483. The van der Waals surface area contributed by atoms with Crippen molar-refractivity contribution in [1.82, 2.24) is 20.2 Å². The third kappa shape index (κ3) is 4.75. The Labute approximate surface area is 232 Å². The average Bonchev–Trinajstić information content (AvgIpc) is 3.44. The van der Waals surface area contributed by atoms with Gasteiger partial charge in [0.2, 0.25) is 5.91 Å². The van der Waals surface area contributed by atoms with Crippen LogP contribution in [0.5, 0.6) is 0 Å². The van der Waals surface area contributed by atoms with Crippen LogP contribution in [0.4, 0.5) is 16.3 Å². The molecule has 9 nitrogen and oxygen atoms in total. The highest BCUT2D eigenvalue weighted by atomic mass is 32.1. The number of para-hydroxylation sites is 1. The molecule has 2 aliphatic heterocycles. The molecule has 1 aliphatic carbocycles. The van der Waals surface area contributed by atoms with Gasteiger partial charge in [0.1, 0.15) is 23.0 Å². The zero-order valence-corrected chi connectivity index (χ0v) is 23.5. The number of aryl methyl sites for hydroxylation is 1. The molecule has 0 spiro atoms. The number of carbonyl (C=O) groups is 3. The molecule has 3 aliphatic rings.